The van der Waals surface area contributed by atoms with Crippen LogP contribution >= 0.6 is 11.3 Å². The third-order valence-electron chi connectivity index (χ3n) is 5.42. The van der Waals surface area contributed by atoms with Crippen molar-refractivity contribution in [3.8, 4) is 0 Å². The summed E-state index contributed by atoms with van der Waals surface area (Å²) in [4.78, 5) is 33.2. The van der Waals surface area contributed by atoms with E-state index in [4.69, 9.17) is 4.74 Å². The topological polar surface area (TPSA) is 71.5 Å². The normalized spacial score (nSPS) is 19.1. The van der Waals surface area contributed by atoms with Crippen LogP contribution in [0.4, 0.5) is 0 Å². The predicted molar refractivity (Wildman–Crippen MR) is 108 cm³/mol. The Kier molecular flexibility index (Phi) is 6.02. The van der Waals surface area contributed by atoms with Crippen LogP contribution in [0.25, 0.3) is 0 Å². The number of nitrogens with one attached hydrogen (secondary N) is 1. The summed E-state index contributed by atoms with van der Waals surface area (Å²) in [6.45, 7) is 3.17. The molecule has 148 valence electrons. The number of carbonyl (C=O) groups is 2. The molecule has 0 radical (unpaired) electrons. The van der Waals surface area contributed by atoms with Gasteiger partial charge in [-0.05, 0) is 55.0 Å². The molecule has 7 heteroatoms. The number of amides is 2. The largest absolute Gasteiger partial charge is 0.378 e. The van der Waals surface area contributed by atoms with Crippen molar-refractivity contribution in [3.63, 3.8) is 0 Å². The molecule has 0 aromatic carbocycles. The first-order chi connectivity index (χ1) is 13.7. The van der Waals surface area contributed by atoms with Gasteiger partial charge in [-0.2, -0.15) is 0 Å². The molecule has 2 aliphatic rings. The molecule has 1 fully saturated rings. The van der Waals surface area contributed by atoms with Gasteiger partial charge in [-0.15, -0.1) is 11.3 Å². The van der Waals surface area contributed by atoms with E-state index in [0.717, 1.165) is 30.6 Å². The van der Waals surface area contributed by atoms with E-state index in [2.05, 4.69) is 10.3 Å². The molecule has 1 N–H and O–H groups in total. The number of thiophene rings is 1. The second kappa shape index (κ2) is 8.84. The molecule has 2 aromatic heterocycles. The molecular formula is C21H25N3O3S. The van der Waals surface area contributed by atoms with Crippen LogP contribution in [0.5, 0.6) is 0 Å². The minimum Gasteiger partial charge on any atom is -0.378 e. The van der Waals surface area contributed by atoms with E-state index in [1.165, 1.54) is 16.0 Å². The highest BCUT2D eigenvalue weighted by atomic mass is 32.1. The van der Waals surface area contributed by atoms with Gasteiger partial charge in [-0.25, -0.2) is 0 Å². The number of fused-ring (bicyclic) bond motifs is 1. The molecule has 0 spiro atoms. The Balaban J connectivity index is 1.32. The zero-order chi connectivity index (χ0) is 19.3. The number of hydrogen-bond acceptors (Lipinski definition) is 5. The summed E-state index contributed by atoms with van der Waals surface area (Å²) in [6.07, 6.45) is 6.79. The van der Waals surface area contributed by atoms with E-state index in [1.807, 2.05) is 23.1 Å². The first-order valence-corrected chi connectivity index (χ1v) is 10.7. The maximum atomic E-state index is 12.7. The maximum absolute atomic E-state index is 12.7. The van der Waals surface area contributed by atoms with Crippen molar-refractivity contribution < 1.29 is 14.3 Å². The highest BCUT2D eigenvalue weighted by molar-refractivity contribution is 7.14. The van der Waals surface area contributed by atoms with Gasteiger partial charge < -0.3 is 15.0 Å². The molecule has 3 heterocycles. The fourth-order valence-corrected chi connectivity index (χ4v) is 4.98. The number of nitrogens with zero attached hydrogens (tertiary/aromatic N) is 2. The molecule has 2 aromatic rings. The highest BCUT2D eigenvalue weighted by Gasteiger charge is 2.28. The molecule has 6 nitrogen and oxygen atoms in total. The summed E-state index contributed by atoms with van der Waals surface area (Å²) in [5, 5.41) is 3.07. The zero-order valence-corrected chi connectivity index (χ0v) is 16.7. The molecule has 1 aliphatic carbocycles. The van der Waals surface area contributed by atoms with Gasteiger partial charge in [-0.3, -0.25) is 14.6 Å². The minimum atomic E-state index is -0.00845. The van der Waals surface area contributed by atoms with E-state index >= 15 is 0 Å². The zero-order valence-electron chi connectivity index (χ0n) is 15.9. The Bertz CT molecular complexity index is 831. The number of aryl methyl sites for hydroxylation is 1. The van der Waals surface area contributed by atoms with Crippen molar-refractivity contribution >= 4 is 23.2 Å². The van der Waals surface area contributed by atoms with E-state index in [0.29, 0.717) is 32.8 Å². The lowest BCUT2D eigenvalue weighted by molar-refractivity contribution is -0.125. The maximum Gasteiger partial charge on any atom is 0.264 e. The third kappa shape index (κ3) is 4.42. The number of hydrogen-bond donors (Lipinski definition) is 1. The Hall–Kier alpha value is -2.25. The average Bonchev–Trinajstić information content (AvgIpc) is 3.18. The van der Waals surface area contributed by atoms with Crippen molar-refractivity contribution in [1.29, 1.82) is 0 Å². The lowest BCUT2D eigenvalue weighted by Gasteiger charge is -2.26. The van der Waals surface area contributed by atoms with E-state index in [9.17, 15) is 9.59 Å². The van der Waals surface area contributed by atoms with Crippen molar-refractivity contribution in [3.05, 3.63) is 51.5 Å². The van der Waals surface area contributed by atoms with Gasteiger partial charge in [-0.1, -0.05) is 0 Å². The number of carbonyl (C=O) groups excluding carboxylic acids is 2. The Labute approximate surface area is 168 Å². The Morgan fingerprint density at radius 1 is 1.25 bits per heavy atom. The molecule has 2 amide bonds. The molecule has 0 unspecified atom stereocenters. The first-order valence-electron chi connectivity index (χ1n) is 9.86. The molecule has 1 aliphatic heterocycles. The Morgan fingerprint density at radius 2 is 2.04 bits per heavy atom. The van der Waals surface area contributed by atoms with Crippen molar-refractivity contribution in [1.82, 2.24) is 15.2 Å². The molecule has 0 bridgehead atoms. The summed E-state index contributed by atoms with van der Waals surface area (Å²) in [5.74, 6) is 0.207. The Morgan fingerprint density at radius 3 is 2.82 bits per heavy atom. The molecule has 0 saturated carbocycles. The molecule has 1 atom stereocenters. The van der Waals surface area contributed by atoms with E-state index in [-0.39, 0.29) is 17.7 Å². The SMILES string of the molecule is O=C(NCCc1ccncc1)[C@@H]1CCc2sc(C(=O)N3CCOCC3)cc2C1. The molecule has 4 rings (SSSR count). The van der Waals surface area contributed by atoms with E-state index in [1.54, 1.807) is 23.7 Å². The van der Waals surface area contributed by atoms with Gasteiger partial charge in [0.25, 0.3) is 5.91 Å². The third-order valence-corrected chi connectivity index (χ3v) is 6.65. The summed E-state index contributed by atoms with van der Waals surface area (Å²) in [6, 6.07) is 5.95. The van der Waals surface area contributed by atoms with E-state index < -0.39 is 0 Å². The molecule has 28 heavy (non-hydrogen) atoms. The molecule has 1 saturated heterocycles. The van der Waals surface area contributed by atoms with Gasteiger partial charge in [0.2, 0.25) is 5.91 Å². The highest BCUT2D eigenvalue weighted by Crippen LogP contribution is 2.33. The van der Waals surface area contributed by atoms with Crippen molar-refractivity contribution in [2.24, 2.45) is 5.92 Å². The summed E-state index contributed by atoms with van der Waals surface area (Å²) in [5.41, 5.74) is 2.34. The number of pyridine rings is 1. The lowest BCUT2D eigenvalue weighted by Crippen LogP contribution is -2.40. The van der Waals surface area contributed by atoms with Crippen LogP contribution in [-0.2, 0) is 28.8 Å². The number of morpholine rings is 1. The van der Waals surface area contributed by atoms with Crippen LogP contribution in [-0.4, -0.2) is 54.5 Å². The first kappa shape index (κ1) is 19.1. The van der Waals surface area contributed by atoms with Crippen molar-refractivity contribution in [2.45, 2.75) is 25.7 Å². The smallest absolute Gasteiger partial charge is 0.264 e. The minimum absolute atomic E-state index is 0.00845. The average molecular weight is 400 g/mol. The quantitative estimate of drug-likeness (QED) is 0.836. The van der Waals surface area contributed by atoms with Crippen LogP contribution in [0.3, 0.4) is 0 Å². The molecular weight excluding hydrogens is 374 g/mol. The standard InChI is InChI=1S/C21H25N3O3S/c25-20(23-8-5-15-3-6-22-7-4-15)16-1-2-18-17(13-16)14-19(28-18)21(26)24-9-11-27-12-10-24/h3-4,6-7,14,16H,1-2,5,8-13H2,(H,23,25)/t16-/m1/s1. The second-order valence-electron chi connectivity index (χ2n) is 7.30. The van der Waals surface area contributed by atoms with Crippen LogP contribution < -0.4 is 5.32 Å². The van der Waals surface area contributed by atoms with Gasteiger partial charge in [0.05, 0.1) is 18.1 Å². The van der Waals surface area contributed by atoms with Crippen LogP contribution in [0.1, 0.15) is 32.1 Å². The number of aromatic nitrogens is 1. The summed E-state index contributed by atoms with van der Waals surface area (Å²) >= 11 is 1.60. The predicted octanol–water partition coefficient (Wildman–Crippen LogP) is 2.08. The monoisotopic (exact) mass is 399 g/mol. The fourth-order valence-electron chi connectivity index (χ4n) is 3.80. The number of ether oxygens (including phenoxy) is 1. The van der Waals surface area contributed by atoms with Crippen LogP contribution in [0, 0.1) is 5.92 Å². The van der Waals surface area contributed by atoms with Gasteiger partial charge in [0.1, 0.15) is 0 Å². The second-order valence-corrected chi connectivity index (χ2v) is 8.44. The van der Waals surface area contributed by atoms with Crippen molar-refractivity contribution in [2.75, 3.05) is 32.8 Å². The van der Waals surface area contributed by atoms with Gasteiger partial charge >= 0.3 is 0 Å². The summed E-state index contributed by atoms with van der Waals surface area (Å²) in [7, 11) is 0. The van der Waals surface area contributed by atoms with Gasteiger partial charge in [0.15, 0.2) is 0 Å². The van der Waals surface area contributed by atoms with Gasteiger partial charge in [0, 0.05) is 42.8 Å². The summed E-state index contributed by atoms with van der Waals surface area (Å²) < 4.78 is 5.33. The number of rotatable bonds is 5. The van der Waals surface area contributed by atoms with Crippen LogP contribution in [0.2, 0.25) is 0 Å². The lowest BCUT2D eigenvalue weighted by atomic mass is 9.87. The fraction of sp³-hybridized carbons (Fsp3) is 0.476. The van der Waals surface area contributed by atoms with Crippen LogP contribution in [0.15, 0.2) is 30.6 Å².